The van der Waals surface area contributed by atoms with Crippen molar-refractivity contribution in [3.8, 4) is 12.0 Å². The zero-order chi connectivity index (χ0) is 21.9. The SMILES string of the molecule is Nc1nc(OCCCC(F)(F)F)nc2c1nc(O)n2Cc1cccc(CC(=O)O)c1. The van der Waals surface area contributed by atoms with Gasteiger partial charge in [0.15, 0.2) is 17.0 Å². The second-order valence-corrected chi connectivity index (χ2v) is 6.52. The number of carbonyl (C=O) groups is 1. The number of hydrogen-bond acceptors (Lipinski definition) is 7. The topological polar surface area (TPSA) is 136 Å². The first kappa shape index (κ1) is 21.1. The van der Waals surface area contributed by atoms with E-state index >= 15 is 0 Å². The summed E-state index contributed by atoms with van der Waals surface area (Å²) in [5.74, 6) is -1.07. The number of anilines is 1. The number of benzene rings is 1. The van der Waals surface area contributed by atoms with Gasteiger partial charge in [0.1, 0.15) is 0 Å². The zero-order valence-corrected chi connectivity index (χ0v) is 15.6. The average molecular weight is 425 g/mol. The number of aromatic hydroxyl groups is 1. The summed E-state index contributed by atoms with van der Waals surface area (Å²) >= 11 is 0. The number of ether oxygens (including phenoxy) is 1. The highest BCUT2D eigenvalue weighted by molar-refractivity contribution is 5.83. The van der Waals surface area contributed by atoms with E-state index in [1.165, 1.54) is 4.57 Å². The van der Waals surface area contributed by atoms with Gasteiger partial charge in [-0.05, 0) is 17.5 Å². The van der Waals surface area contributed by atoms with Gasteiger partial charge in [0.25, 0.3) is 6.01 Å². The van der Waals surface area contributed by atoms with Crippen molar-refractivity contribution in [3.63, 3.8) is 0 Å². The molecule has 0 amide bonds. The van der Waals surface area contributed by atoms with Gasteiger partial charge in [-0.1, -0.05) is 24.3 Å². The molecule has 0 fully saturated rings. The lowest BCUT2D eigenvalue weighted by Gasteiger charge is -2.09. The molecule has 0 saturated heterocycles. The molecule has 0 bridgehead atoms. The van der Waals surface area contributed by atoms with Crippen LogP contribution in [0.2, 0.25) is 0 Å². The maximum atomic E-state index is 12.2. The third-order valence-corrected chi connectivity index (χ3v) is 4.10. The number of aliphatic carboxylic acids is 1. The number of hydrogen-bond donors (Lipinski definition) is 3. The van der Waals surface area contributed by atoms with Crippen molar-refractivity contribution in [2.45, 2.75) is 32.0 Å². The molecule has 0 saturated carbocycles. The summed E-state index contributed by atoms with van der Waals surface area (Å²) in [4.78, 5) is 22.8. The minimum Gasteiger partial charge on any atom is -0.481 e. The normalized spacial score (nSPS) is 11.7. The summed E-state index contributed by atoms with van der Waals surface area (Å²) in [6.07, 6.45) is -5.72. The average Bonchev–Trinajstić information content (AvgIpc) is 2.94. The molecule has 3 rings (SSSR count). The van der Waals surface area contributed by atoms with E-state index in [0.717, 1.165) is 0 Å². The highest BCUT2D eigenvalue weighted by Crippen LogP contribution is 2.26. The Labute approximate surface area is 168 Å². The molecule has 4 N–H and O–H groups in total. The Morgan fingerprint density at radius 2 is 1.93 bits per heavy atom. The van der Waals surface area contributed by atoms with Gasteiger partial charge in [-0.25, -0.2) is 0 Å². The summed E-state index contributed by atoms with van der Waals surface area (Å²) < 4.78 is 43.2. The van der Waals surface area contributed by atoms with E-state index in [1.807, 2.05) is 0 Å². The molecule has 2 heterocycles. The van der Waals surface area contributed by atoms with Crippen LogP contribution in [0, 0.1) is 0 Å². The molecule has 0 unspecified atom stereocenters. The number of nitrogen functional groups attached to an aromatic ring is 1. The number of rotatable bonds is 8. The zero-order valence-electron chi connectivity index (χ0n) is 15.6. The van der Waals surface area contributed by atoms with Gasteiger partial charge in [0, 0.05) is 6.42 Å². The van der Waals surface area contributed by atoms with Gasteiger partial charge in [0.05, 0.1) is 19.6 Å². The fourth-order valence-corrected chi connectivity index (χ4v) is 2.83. The van der Waals surface area contributed by atoms with Crippen LogP contribution in [0.5, 0.6) is 12.0 Å². The minimum atomic E-state index is -4.28. The third-order valence-electron chi connectivity index (χ3n) is 4.10. The second kappa shape index (κ2) is 8.43. The van der Waals surface area contributed by atoms with Gasteiger partial charge in [-0.3, -0.25) is 9.36 Å². The Hall–Kier alpha value is -3.57. The van der Waals surface area contributed by atoms with Crippen molar-refractivity contribution >= 4 is 23.0 Å². The van der Waals surface area contributed by atoms with Crippen LogP contribution in [0.25, 0.3) is 11.2 Å². The van der Waals surface area contributed by atoms with E-state index in [-0.39, 0.29) is 49.0 Å². The molecule has 0 atom stereocenters. The fraction of sp³-hybridized carbons (Fsp3) is 0.333. The number of carboxylic acid groups (broad SMARTS) is 1. The molecule has 0 aliphatic carbocycles. The Kier molecular flexibility index (Phi) is 5.94. The Bertz CT molecular complexity index is 1070. The van der Waals surface area contributed by atoms with Crippen molar-refractivity contribution in [3.05, 3.63) is 35.4 Å². The lowest BCUT2D eigenvalue weighted by molar-refractivity contribution is -0.137. The number of halogens is 3. The fourth-order valence-electron chi connectivity index (χ4n) is 2.83. The maximum Gasteiger partial charge on any atom is 0.389 e. The standard InChI is InChI=1S/C18H18F3N5O4/c19-18(20,21)5-2-6-30-16-24-14(22)13-15(25-16)26(17(29)23-13)9-11-4-1-3-10(7-11)8-12(27)28/h1,3-4,7H,2,5-6,8-9H2,(H,23,29)(H,27,28)(H2,22,24,25). The molecule has 160 valence electrons. The first-order valence-electron chi connectivity index (χ1n) is 8.84. The molecule has 3 aromatic rings. The van der Waals surface area contributed by atoms with Crippen LogP contribution in [0.4, 0.5) is 19.0 Å². The summed E-state index contributed by atoms with van der Waals surface area (Å²) in [7, 11) is 0. The van der Waals surface area contributed by atoms with Crippen LogP contribution >= 0.6 is 0 Å². The number of imidazole rings is 1. The number of aromatic nitrogens is 4. The van der Waals surface area contributed by atoms with Crippen LogP contribution in [-0.2, 0) is 17.8 Å². The molecular weight excluding hydrogens is 407 g/mol. The molecule has 30 heavy (non-hydrogen) atoms. The monoisotopic (exact) mass is 425 g/mol. The lowest BCUT2D eigenvalue weighted by Crippen LogP contribution is -2.11. The number of fused-ring (bicyclic) bond motifs is 1. The summed E-state index contributed by atoms with van der Waals surface area (Å²) in [5, 5.41) is 19.1. The molecule has 0 spiro atoms. The van der Waals surface area contributed by atoms with Gasteiger partial charge in [0.2, 0.25) is 0 Å². The van der Waals surface area contributed by atoms with Crippen molar-refractivity contribution < 1.29 is 32.9 Å². The molecule has 0 aliphatic rings. The van der Waals surface area contributed by atoms with Crippen LogP contribution in [0.15, 0.2) is 24.3 Å². The van der Waals surface area contributed by atoms with Crippen LogP contribution in [-0.4, -0.2) is 48.5 Å². The van der Waals surface area contributed by atoms with Gasteiger partial charge >= 0.3 is 18.2 Å². The molecule has 0 radical (unpaired) electrons. The Balaban J connectivity index is 1.83. The molecular formula is C18H18F3N5O4. The van der Waals surface area contributed by atoms with Crippen molar-refractivity contribution in [1.82, 2.24) is 19.5 Å². The summed E-state index contributed by atoms with van der Waals surface area (Å²) in [6.45, 7) is -0.165. The molecule has 9 nitrogen and oxygen atoms in total. The van der Waals surface area contributed by atoms with Crippen molar-refractivity contribution in [1.29, 1.82) is 0 Å². The number of nitrogens with two attached hydrogens (primary N) is 1. The van der Waals surface area contributed by atoms with Crippen LogP contribution < -0.4 is 10.5 Å². The first-order chi connectivity index (χ1) is 14.1. The summed E-state index contributed by atoms with van der Waals surface area (Å²) in [5.41, 5.74) is 7.31. The highest BCUT2D eigenvalue weighted by Gasteiger charge is 2.26. The molecule has 0 aliphatic heterocycles. The first-order valence-corrected chi connectivity index (χ1v) is 8.84. The van der Waals surface area contributed by atoms with E-state index in [0.29, 0.717) is 11.1 Å². The lowest BCUT2D eigenvalue weighted by atomic mass is 10.1. The van der Waals surface area contributed by atoms with Crippen LogP contribution in [0.3, 0.4) is 0 Å². The van der Waals surface area contributed by atoms with Gasteiger partial charge < -0.3 is 20.7 Å². The minimum absolute atomic E-state index is 0.0970. The van der Waals surface area contributed by atoms with E-state index in [4.69, 9.17) is 15.6 Å². The number of alkyl halides is 3. The largest absolute Gasteiger partial charge is 0.481 e. The molecule has 1 aromatic carbocycles. The quantitative estimate of drug-likeness (QED) is 0.468. The van der Waals surface area contributed by atoms with E-state index in [1.54, 1.807) is 24.3 Å². The van der Waals surface area contributed by atoms with E-state index in [9.17, 15) is 23.1 Å². The number of nitrogens with zero attached hydrogens (tertiary/aromatic N) is 4. The second-order valence-electron chi connectivity index (χ2n) is 6.52. The van der Waals surface area contributed by atoms with Crippen molar-refractivity contribution in [2.24, 2.45) is 0 Å². The predicted molar refractivity (Wildman–Crippen MR) is 99.1 cm³/mol. The van der Waals surface area contributed by atoms with Crippen LogP contribution in [0.1, 0.15) is 24.0 Å². The summed E-state index contributed by atoms with van der Waals surface area (Å²) in [6, 6.07) is 6.11. The van der Waals surface area contributed by atoms with E-state index in [2.05, 4.69) is 15.0 Å². The Morgan fingerprint density at radius 1 is 1.20 bits per heavy atom. The van der Waals surface area contributed by atoms with Gasteiger partial charge in [-0.2, -0.15) is 28.1 Å². The predicted octanol–water partition coefficient (Wildman–Crippen LogP) is 2.51. The van der Waals surface area contributed by atoms with Crippen molar-refractivity contribution in [2.75, 3.05) is 12.3 Å². The third kappa shape index (κ3) is 5.27. The van der Waals surface area contributed by atoms with E-state index < -0.39 is 24.6 Å². The molecule has 12 heteroatoms. The smallest absolute Gasteiger partial charge is 0.389 e. The van der Waals surface area contributed by atoms with Gasteiger partial charge in [-0.15, -0.1) is 0 Å². The highest BCUT2D eigenvalue weighted by atomic mass is 19.4. The Morgan fingerprint density at radius 3 is 2.63 bits per heavy atom. The molecule has 2 aromatic heterocycles. The number of carboxylic acids is 1. The maximum absolute atomic E-state index is 12.2.